The predicted octanol–water partition coefficient (Wildman–Crippen LogP) is 2.96. The van der Waals surface area contributed by atoms with Crippen LogP contribution in [0.5, 0.6) is 0 Å². The fraction of sp³-hybridized carbons (Fsp3) is 0.913. The van der Waals surface area contributed by atoms with Crippen LogP contribution in [0.1, 0.15) is 72.1 Å². The number of nitrogens with zero attached hydrogens (tertiary/aromatic N) is 1. The number of amides is 2. The standard InChI is InChI=1S/C23H38N2O3/c1-14(22(28)25-12-4-5-13-25)17-8-10-23(3)11-9-18(15(2)19(23)20(17)26)24-21(27)16-6-7-16/h14-20,26H,4-13H2,1-3H3,(H,24,27)/t14-,15+,17+,18-,19+,20-,23-/m0/s1. The Balaban J connectivity index is 1.47. The van der Waals surface area contributed by atoms with Gasteiger partial charge in [-0.05, 0) is 74.5 Å². The quantitative estimate of drug-likeness (QED) is 0.775. The number of nitrogens with one attached hydrogen (secondary N) is 1. The number of aliphatic hydroxyl groups is 1. The molecule has 0 aromatic carbocycles. The minimum atomic E-state index is -0.462. The van der Waals surface area contributed by atoms with E-state index in [1.54, 1.807) is 0 Å². The number of carbonyl (C=O) groups excluding carboxylic acids is 2. The number of rotatable bonds is 4. The highest BCUT2D eigenvalue weighted by atomic mass is 16.3. The first-order valence-electron chi connectivity index (χ1n) is 11.6. The summed E-state index contributed by atoms with van der Waals surface area (Å²) in [7, 11) is 0. The molecule has 4 aliphatic rings. The topological polar surface area (TPSA) is 69.6 Å². The van der Waals surface area contributed by atoms with Crippen molar-refractivity contribution in [3.05, 3.63) is 0 Å². The zero-order chi connectivity index (χ0) is 20.1. The van der Waals surface area contributed by atoms with Crippen molar-refractivity contribution in [3.8, 4) is 0 Å². The van der Waals surface area contributed by atoms with Gasteiger partial charge in [0, 0.05) is 31.0 Å². The lowest BCUT2D eigenvalue weighted by atomic mass is 9.51. The molecule has 5 heteroatoms. The van der Waals surface area contributed by atoms with E-state index in [1.807, 2.05) is 11.8 Å². The molecule has 1 saturated heterocycles. The molecule has 4 fully saturated rings. The number of hydrogen-bond acceptors (Lipinski definition) is 3. The van der Waals surface area contributed by atoms with Gasteiger partial charge < -0.3 is 15.3 Å². The summed E-state index contributed by atoms with van der Waals surface area (Å²) >= 11 is 0. The molecule has 4 rings (SSSR count). The number of fused-ring (bicyclic) bond motifs is 1. The number of hydrogen-bond donors (Lipinski definition) is 2. The Kier molecular flexibility index (Phi) is 5.49. The van der Waals surface area contributed by atoms with Gasteiger partial charge in [-0.1, -0.05) is 20.8 Å². The second-order valence-electron chi connectivity index (χ2n) is 10.5. The van der Waals surface area contributed by atoms with Gasteiger partial charge in [0.25, 0.3) is 0 Å². The van der Waals surface area contributed by atoms with Gasteiger partial charge in [-0.15, -0.1) is 0 Å². The van der Waals surface area contributed by atoms with Crippen molar-refractivity contribution in [1.82, 2.24) is 10.2 Å². The molecule has 1 aliphatic heterocycles. The summed E-state index contributed by atoms with van der Waals surface area (Å²) in [6.07, 6.45) is 7.85. The van der Waals surface area contributed by atoms with Gasteiger partial charge in [-0.3, -0.25) is 9.59 Å². The lowest BCUT2D eigenvalue weighted by molar-refractivity contribution is -0.150. The largest absolute Gasteiger partial charge is 0.392 e. The zero-order valence-corrected chi connectivity index (χ0v) is 17.8. The Morgan fingerprint density at radius 2 is 1.75 bits per heavy atom. The van der Waals surface area contributed by atoms with E-state index >= 15 is 0 Å². The number of likely N-dealkylation sites (tertiary alicyclic amines) is 1. The molecule has 0 bridgehead atoms. The lowest BCUT2D eigenvalue weighted by Gasteiger charge is -2.56. The van der Waals surface area contributed by atoms with Gasteiger partial charge in [-0.25, -0.2) is 0 Å². The molecule has 0 aromatic heterocycles. The summed E-state index contributed by atoms with van der Waals surface area (Å²) in [5.41, 5.74) is 0.118. The minimum absolute atomic E-state index is 0.0338. The third-order valence-corrected chi connectivity index (χ3v) is 8.61. The minimum Gasteiger partial charge on any atom is -0.392 e. The Morgan fingerprint density at radius 1 is 1.11 bits per heavy atom. The fourth-order valence-corrected chi connectivity index (χ4v) is 6.55. The van der Waals surface area contributed by atoms with Crippen molar-refractivity contribution >= 4 is 11.8 Å². The van der Waals surface area contributed by atoms with Crippen molar-refractivity contribution in [2.24, 2.45) is 35.0 Å². The van der Waals surface area contributed by atoms with Crippen LogP contribution in [0.15, 0.2) is 0 Å². The molecule has 7 atom stereocenters. The van der Waals surface area contributed by atoms with E-state index in [-0.39, 0.29) is 52.9 Å². The second kappa shape index (κ2) is 7.62. The molecule has 28 heavy (non-hydrogen) atoms. The van der Waals surface area contributed by atoms with Gasteiger partial charge in [0.15, 0.2) is 0 Å². The third kappa shape index (κ3) is 3.59. The first-order valence-corrected chi connectivity index (χ1v) is 11.6. The van der Waals surface area contributed by atoms with Gasteiger partial charge in [-0.2, -0.15) is 0 Å². The van der Waals surface area contributed by atoms with E-state index in [4.69, 9.17) is 0 Å². The summed E-state index contributed by atoms with van der Waals surface area (Å²) in [4.78, 5) is 27.3. The molecule has 1 heterocycles. The van der Waals surface area contributed by atoms with Gasteiger partial charge in [0.2, 0.25) is 11.8 Å². The number of carbonyl (C=O) groups is 2. The average Bonchev–Trinajstić information content (AvgIpc) is 3.38. The Hall–Kier alpha value is -1.10. The summed E-state index contributed by atoms with van der Waals surface area (Å²) in [6.45, 7) is 8.30. The maximum absolute atomic E-state index is 13.0. The van der Waals surface area contributed by atoms with E-state index in [0.717, 1.165) is 64.5 Å². The number of aliphatic hydroxyl groups excluding tert-OH is 1. The van der Waals surface area contributed by atoms with Crippen molar-refractivity contribution < 1.29 is 14.7 Å². The highest BCUT2D eigenvalue weighted by molar-refractivity contribution is 5.81. The van der Waals surface area contributed by atoms with Crippen molar-refractivity contribution in [3.63, 3.8) is 0 Å². The predicted molar refractivity (Wildman–Crippen MR) is 108 cm³/mol. The van der Waals surface area contributed by atoms with E-state index in [1.165, 1.54) is 0 Å². The van der Waals surface area contributed by atoms with Crippen molar-refractivity contribution in [1.29, 1.82) is 0 Å². The fourth-order valence-electron chi connectivity index (χ4n) is 6.55. The van der Waals surface area contributed by atoms with Crippen LogP contribution >= 0.6 is 0 Å². The van der Waals surface area contributed by atoms with E-state index in [9.17, 15) is 14.7 Å². The molecule has 158 valence electrons. The Bertz CT molecular complexity index is 613. The summed E-state index contributed by atoms with van der Waals surface area (Å²) in [5.74, 6) is 0.971. The molecule has 2 amide bonds. The van der Waals surface area contributed by atoms with Crippen molar-refractivity contribution in [2.75, 3.05) is 13.1 Å². The molecule has 2 N–H and O–H groups in total. The maximum atomic E-state index is 13.0. The van der Waals surface area contributed by atoms with Crippen LogP contribution in [0.25, 0.3) is 0 Å². The zero-order valence-electron chi connectivity index (χ0n) is 17.8. The molecular weight excluding hydrogens is 352 g/mol. The first kappa shape index (κ1) is 20.2. The lowest BCUT2D eigenvalue weighted by Crippen LogP contribution is -2.58. The van der Waals surface area contributed by atoms with E-state index < -0.39 is 6.10 Å². The van der Waals surface area contributed by atoms with Crippen LogP contribution in [0, 0.1) is 35.0 Å². The smallest absolute Gasteiger partial charge is 0.225 e. The monoisotopic (exact) mass is 390 g/mol. The average molecular weight is 391 g/mol. The Morgan fingerprint density at radius 3 is 2.39 bits per heavy atom. The molecule has 0 aromatic rings. The summed E-state index contributed by atoms with van der Waals surface area (Å²) in [6, 6.07) is 0.157. The highest BCUT2D eigenvalue weighted by Crippen LogP contribution is 2.55. The summed E-state index contributed by atoms with van der Waals surface area (Å²) in [5, 5.41) is 14.7. The highest BCUT2D eigenvalue weighted by Gasteiger charge is 2.54. The van der Waals surface area contributed by atoms with Gasteiger partial charge in [0.1, 0.15) is 0 Å². The molecule has 0 radical (unpaired) electrons. The van der Waals surface area contributed by atoms with Crippen molar-refractivity contribution in [2.45, 2.75) is 84.3 Å². The molecular formula is C23H38N2O3. The maximum Gasteiger partial charge on any atom is 0.225 e. The molecule has 3 aliphatic carbocycles. The van der Waals surface area contributed by atoms with Gasteiger partial charge >= 0.3 is 0 Å². The van der Waals surface area contributed by atoms with Crippen LogP contribution in [0.2, 0.25) is 0 Å². The van der Waals surface area contributed by atoms with Gasteiger partial charge in [0.05, 0.1) is 6.10 Å². The SMILES string of the molecule is C[C@H]1[C@@H]2[C@@H](O)[C@@H]([C@H](C)C(=O)N3CCCC3)CC[C@@]2(C)CC[C@@H]1NC(=O)C1CC1. The van der Waals surface area contributed by atoms with Crippen LogP contribution in [0.4, 0.5) is 0 Å². The van der Waals surface area contributed by atoms with Crippen LogP contribution < -0.4 is 5.32 Å². The van der Waals surface area contributed by atoms with Crippen LogP contribution in [-0.2, 0) is 9.59 Å². The van der Waals surface area contributed by atoms with E-state index in [2.05, 4.69) is 19.2 Å². The molecule has 3 saturated carbocycles. The first-order chi connectivity index (χ1) is 13.3. The van der Waals surface area contributed by atoms with Crippen LogP contribution in [0.3, 0.4) is 0 Å². The normalized spacial score (nSPS) is 42.0. The van der Waals surface area contributed by atoms with E-state index in [0.29, 0.717) is 0 Å². The Labute approximate surface area is 169 Å². The van der Waals surface area contributed by atoms with Crippen LogP contribution in [-0.4, -0.2) is 47.1 Å². The molecule has 5 nitrogen and oxygen atoms in total. The molecule has 0 spiro atoms. The molecule has 0 unspecified atom stereocenters. The summed E-state index contributed by atoms with van der Waals surface area (Å²) < 4.78 is 0. The second-order valence-corrected chi connectivity index (χ2v) is 10.5. The third-order valence-electron chi connectivity index (χ3n) is 8.61.